The van der Waals surface area contributed by atoms with Gasteiger partial charge in [0.05, 0.1) is 0 Å². The Kier molecular flexibility index (Phi) is 7.50. The molecule has 5 nitrogen and oxygen atoms in total. The fraction of sp³-hybridized carbons (Fsp3) is 0.120. The van der Waals surface area contributed by atoms with Crippen molar-refractivity contribution in [2.45, 2.75) is 19.1 Å². The lowest BCUT2D eigenvalue weighted by atomic mass is 10.1. The molecule has 0 saturated carbocycles. The van der Waals surface area contributed by atoms with Gasteiger partial charge in [-0.1, -0.05) is 71.7 Å². The minimum absolute atomic E-state index is 0.241. The van der Waals surface area contributed by atoms with Gasteiger partial charge in [0, 0.05) is 33.0 Å². The summed E-state index contributed by atoms with van der Waals surface area (Å²) in [5, 5.41) is 16.5. The Hall–Kier alpha value is -3.06. The Morgan fingerprint density at radius 2 is 1.70 bits per heavy atom. The van der Waals surface area contributed by atoms with Gasteiger partial charge in [-0.3, -0.25) is 0 Å². The van der Waals surface area contributed by atoms with Crippen LogP contribution in [-0.4, -0.2) is 22.1 Å². The van der Waals surface area contributed by atoms with Gasteiger partial charge in [0.1, 0.15) is 29.2 Å². The molecule has 0 spiro atoms. The topological polar surface area (TPSA) is 71.5 Å². The first kappa shape index (κ1) is 23.1. The van der Waals surface area contributed by atoms with Gasteiger partial charge in [0.2, 0.25) is 0 Å². The molecular weight excluding hydrogens is 479 g/mol. The van der Waals surface area contributed by atoms with Crippen LogP contribution in [0.4, 0.5) is 5.82 Å². The summed E-state index contributed by atoms with van der Waals surface area (Å²) in [6, 6.07) is 21.6. The number of hydrogen-bond donors (Lipinski definition) is 2. The van der Waals surface area contributed by atoms with E-state index in [-0.39, 0.29) is 6.61 Å². The van der Waals surface area contributed by atoms with E-state index in [2.05, 4.69) is 10.3 Å². The first-order valence-corrected chi connectivity index (χ1v) is 11.8. The lowest BCUT2D eigenvalue weighted by Crippen LogP contribution is -2.31. The number of anilines is 1. The number of rotatable bonds is 9. The Balaban J connectivity index is 1.38. The molecule has 0 aliphatic heterocycles. The molecule has 0 unspecified atom stereocenters. The first-order valence-electron chi connectivity index (χ1n) is 10.1. The molecule has 4 rings (SSSR count). The maximum absolute atomic E-state index is 11.8. The number of aromatic nitrogens is 1. The molecule has 0 amide bonds. The predicted octanol–water partition coefficient (Wildman–Crippen LogP) is 6.80. The maximum atomic E-state index is 11.8. The van der Waals surface area contributed by atoms with E-state index in [0.29, 0.717) is 28.0 Å². The fourth-order valence-corrected chi connectivity index (χ4v) is 4.49. The number of aliphatic carboxylic acids is 1. The van der Waals surface area contributed by atoms with Crippen molar-refractivity contribution in [2.24, 2.45) is 0 Å². The van der Waals surface area contributed by atoms with Crippen molar-refractivity contribution < 1.29 is 14.6 Å². The summed E-state index contributed by atoms with van der Waals surface area (Å²) < 4.78 is 5.79. The molecule has 168 valence electrons. The molecule has 0 bridgehead atoms. The number of thiazole rings is 1. The van der Waals surface area contributed by atoms with Gasteiger partial charge in [-0.2, -0.15) is 0 Å². The number of benzene rings is 3. The van der Waals surface area contributed by atoms with Crippen LogP contribution in [0.5, 0.6) is 5.75 Å². The number of nitrogens with one attached hydrogen (secondary N) is 1. The Morgan fingerprint density at radius 3 is 2.36 bits per heavy atom. The van der Waals surface area contributed by atoms with Crippen LogP contribution in [0.15, 0.2) is 78.2 Å². The number of hydrogen-bond acceptors (Lipinski definition) is 5. The zero-order valence-corrected chi connectivity index (χ0v) is 19.7. The normalized spacial score (nSPS) is 11.7. The summed E-state index contributed by atoms with van der Waals surface area (Å²) in [5.74, 6) is 0.238. The van der Waals surface area contributed by atoms with Gasteiger partial charge in [-0.15, -0.1) is 11.3 Å². The molecule has 0 fully saturated rings. The minimum atomic E-state index is -0.946. The van der Waals surface area contributed by atoms with Crippen LogP contribution in [0.3, 0.4) is 0 Å². The van der Waals surface area contributed by atoms with Crippen molar-refractivity contribution in [3.8, 4) is 16.3 Å². The van der Waals surface area contributed by atoms with Crippen LogP contribution < -0.4 is 10.1 Å². The molecule has 0 saturated heterocycles. The highest BCUT2D eigenvalue weighted by atomic mass is 35.5. The molecule has 0 aliphatic rings. The van der Waals surface area contributed by atoms with Gasteiger partial charge in [0.25, 0.3) is 0 Å². The number of nitrogens with zero attached hydrogens (tertiary/aromatic N) is 1. The summed E-state index contributed by atoms with van der Waals surface area (Å²) >= 11 is 13.8. The van der Waals surface area contributed by atoms with Crippen LogP contribution in [0.25, 0.3) is 10.6 Å². The van der Waals surface area contributed by atoms with Crippen molar-refractivity contribution in [1.29, 1.82) is 0 Å². The number of carbonyl (C=O) groups is 1. The van der Waals surface area contributed by atoms with E-state index in [9.17, 15) is 9.90 Å². The third kappa shape index (κ3) is 6.05. The highest BCUT2D eigenvalue weighted by Crippen LogP contribution is 2.27. The average molecular weight is 499 g/mol. The van der Waals surface area contributed by atoms with Crippen LogP contribution in [0.1, 0.15) is 11.1 Å². The van der Waals surface area contributed by atoms with Crippen molar-refractivity contribution in [3.63, 3.8) is 0 Å². The highest BCUT2D eigenvalue weighted by Gasteiger charge is 2.19. The quantitative estimate of drug-likeness (QED) is 0.265. The van der Waals surface area contributed by atoms with Crippen molar-refractivity contribution in [2.75, 3.05) is 5.32 Å². The smallest absolute Gasteiger partial charge is 0.326 e. The Bertz CT molecular complexity index is 1210. The summed E-state index contributed by atoms with van der Waals surface area (Å²) in [6.45, 7) is 0.241. The molecule has 1 atom stereocenters. The van der Waals surface area contributed by atoms with E-state index in [1.54, 1.807) is 30.3 Å². The van der Waals surface area contributed by atoms with Crippen LogP contribution in [-0.2, 0) is 17.8 Å². The van der Waals surface area contributed by atoms with E-state index < -0.39 is 12.0 Å². The second-order valence-corrected chi connectivity index (χ2v) is 8.95. The van der Waals surface area contributed by atoms with E-state index in [1.165, 1.54) is 11.3 Å². The van der Waals surface area contributed by atoms with Crippen molar-refractivity contribution >= 4 is 46.3 Å². The van der Waals surface area contributed by atoms with E-state index in [0.717, 1.165) is 21.7 Å². The zero-order chi connectivity index (χ0) is 23.2. The molecule has 0 aliphatic carbocycles. The number of ether oxygens (including phenoxy) is 1. The van der Waals surface area contributed by atoms with Gasteiger partial charge in [-0.05, 0) is 29.8 Å². The molecule has 4 aromatic rings. The highest BCUT2D eigenvalue weighted by molar-refractivity contribution is 7.13. The molecule has 1 heterocycles. The zero-order valence-electron chi connectivity index (χ0n) is 17.4. The van der Waals surface area contributed by atoms with Crippen molar-refractivity contribution in [1.82, 2.24) is 4.98 Å². The summed E-state index contributed by atoms with van der Waals surface area (Å²) in [7, 11) is 0. The lowest BCUT2D eigenvalue weighted by molar-refractivity contribution is -0.137. The summed E-state index contributed by atoms with van der Waals surface area (Å²) in [5.41, 5.74) is 2.57. The molecule has 1 aromatic heterocycles. The van der Waals surface area contributed by atoms with Crippen molar-refractivity contribution in [3.05, 3.63) is 99.3 Å². The summed E-state index contributed by atoms with van der Waals surface area (Å²) in [4.78, 5) is 16.4. The lowest BCUT2D eigenvalue weighted by Gasteiger charge is -2.15. The van der Waals surface area contributed by atoms with Gasteiger partial charge in [-0.25, -0.2) is 9.78 Å². The first-order chi connectivity index (χ1) is 16.0. The number of carboxylic acids is 1. The monoisotopic (exact) mass is 498 g/mol. The number of halogens is 2. The Labute approximate surface area is 205 Å². The minimum Gasteiger partial charge on any atom is -0.489 e. The standard InChI is InChI=1S/C25H20Cl2N2O3S/c26-20-7-4-8-21(27)19(20)14-32-18-11-9-16(10-12-18)13-22(25(30)31)28-23-15-33-24(29-23)17-5-2-1-3-6-17/h1-12,15,22,28H,13-14H2,(H,30,31)/t22-/m0/s1. The maximum Gasteiger partial charge on any atom is 0.326 e. The van der Waals surface area contributed by atoms with E-state index in [4.69, 9.17) is 27.9 Å². The van der Waals surface area contributed by atoms with Gasteiger partial charge >= 0.3 is 5.97 Å². The molecule has 8 heteroatoms. The van der Waals surface area contributed by atoms with E-state index in [1.807, 2.05) is 47.8 Å². The largest absolute Gasteiger partial charge is 0.489 e. The van der Waals surface area contributed by atoms with Crippen LogP contribution >= 0.6 is 34.5 Å². The second kappa shape index (κ2) is 10.7. The number of carboxylic acid groups (broad SMARTS) is 1. The third-order valence-corrected chi connectivity index (χ3v) is 6.55. The third-order valence-electron chi connectivity index (χ3n) is 4.95. The molecular formula is C25H20Cl2N2O3S. The van der Waals surface area contributed by atoms with Crippen LogP contribution in [0, 0.1) is 0 Å². The molecule has 3 aromatic carbocycles. The fourth-order valence-electron chi connectivity index (χ4n) is 3.22. The summed E-state index contributed by atoms with van der Waals surface area (Å²) in [6.07, 6.45) is 0.296. The molecule has 0 radical (unpaired) electrons. The second-order valence-electron chi connectivity index (χ2n) is 7.28. The SMILES string of the molecule is O=C(O)[C@H](Cc1ccc(OCc2c(Cl)cccc2Cl)cc1)Nc1csc(-c2ccccc2)n1. The average Bonchev–Trinajstić information content (AvgIpc) is 3.28. The molecule has 2 N–H and O–H groups in total. The predicted molar refractivity (Wildman–Crippen MR) is 134 cm³/mol. The van der Waals surface area contributed by atoms with Gasteiger partial charge in [0.15, 0.2) is 0 Å². The molecule has 33 heavy (non-hydrogen) atoms. The van der Waals surface area contributed by atoms with Gasteiger partial charge < -0.3 is 15.2 Å². The Morgan fingerprint density at radius 1 is 1.00 bits per heavy atom. The van der Waals surface area contributed by atoms with Crippen LogP contribution in [0.2, 0.25) is 10.0 Å². The van der Waals surface area contributed by atoms with E-state index >= 15 is 0 Å².